The predicted octanol–water partition coefficient (Wildman–Crippen LogP) is 2.18. The van der Waals surface area contributed by atoms with Gasteiger partial charge in [-0.25, -0.2) is 0 Å². The molecule has 1 heterocycles. The summed E-state index contributed by atoms with van der Waals surface area (Å²) in [6, 6.07) is 0.800. The topological polar surface area (TPSA) is 18.5 Å². The molecule has 1 aliphatic carbocycles. The SMILES string of the molecule is CCNCC1(CN2CCCC2CN(C)C)CCCC1. The van der Waals surface area contributed by atoms with Crippen molar-refractivity contribution in [3.8, 4) is 0 Å². The van der Waals surface area contributed by atoms with E-state index in [2.05, 4.69) is 36.1 Å². The third-order valence-corrected chi connectivity index (χ3v) is 5.03. The van der Waals surface area contributed by atoms with Crippen LogP contribution in [-0.2, 0) is 0 Å². The van der Waals surface area contributed by atoms with Gasteiger partial charge in [0.1, 0.15) is 0 Å². The molecule has 1 unspecified atom stereocenters. The lowest BCUT2D eigenvalue weighted by Crippen LogP contribution is -2.46. The molecule has 0 spiro atoms. The highest BCUT2D eigenvalue weighted by Gasteiger charge is 2.38. The zero-order chi connectivity index (χ0) is 13.7. The van der Waals surface area contributed by atoms with Crippen molar-refractivity contribution in [2.24, 2.45) is 5.41 Å². The van der Waals surface area contributed by atoms with E-state index in [-0.39, 0.29) is 0 Å². The molecule has 2 rings (SSSR count). The van der Waals surface area contributed by atoms with Crippen molar-refractivity contribution in [1.82, 2.24) is 15.1 Å². The van der Waals surface area contributed by atoms with Crippen LogP contribution in [0.3, 0.4) is 0 Å². The summed E-state index contributed by atoms with van der Waals surface area (Å²) in [6.45, 7) is 8.47. The average Bonchev–Trinajstić information content (AvgIpc) is 2.98. The molecule has 0 aromatic heterocycles. The molecule has 3 nitrogen and oxygen atoms in total. The molecule has 2 aliphatic rings. The summed E-state index contributed by atoms with van der Waals surface area (Å²) in [5, 5.41) is 3.62. The van der Waals surface area contributed by atoms with Gasteiger partial charge in [0.15, 0.2) is 0 Å². The first-order chi connectivity index (χ1) is 9.15. The molecular weight excluding hydrogens is 234 g/mol. The third-order valence-electron chi connectivity index (χ3n) is 5.03. The van der Waals surface area contributed by atoms with Gasteiger partial charge in [0, 0.05) is 25.7 Å². The normalized spacial score (nSPS) is 27.5. The second kappa shape index (κ2) is 7.05. The molecule has 2 fully saturated rings. The van der Waals surface area contributed by atoms with Crippen LogP contribution < -0.4 is 5.32 Å². The number of rotatable bonds is 7. The smallest absolute Gasteiger partial charge is 0.0223 e. The van der Waals surface area contributed by atoms with E-state index in [0.717, 1.165) is 12.6 Å². The van der Waals surface area contributed by atoms with Crippen LogP contribution in [0.25, 0.3) is 0 Å². The van der Waals surface area contributed by atoms with Gasteiger partial charge in [-0.05, 0) is 58.3 Å². The Bertz CT molecular complexity index is 259. The van der Waals surface area contributed by atoms with Crippen LogP contribution in [0.5, 0.6) is 0 Å². The van der Waals surface area contributed by atoms with Gasteiger partial charge in [-0.3, -0.25) is 4.90 Å². The minimum absolute atomic E-state index is 0.574. The lowest BCUT2D eigenvalue weighted by Gasteiger charge is -2.37. The Kier molecular flexibility index (Phi) is 5.67. The first-order valence-corrected chi connectivity index (χ1v) is 8.25. The molecule has 0 aromatic rings. The van der Waals surface area contributed by atoms with Crippen LogP contribution in [0.2, 0.25) is 0 Å². The predicted molar refractivity (Wildman–Crippen MR) is 82.6 cm³/mol. The Morgan fingerprint density at radius 3 is 2.58 bits per heavy atom. The van der Waals surface area contributed by atoms with Crippen LogP contribution in [0.15, 0.2) is 0 Å². The van der Waals surface area contributed by atoms with Gasteiger partial charge in [-0.15, -0.1) is 0 Å². The fraction of sp³-hybridized carbons (Fsp3) is 1.00. The van der Waals surface area contributed by atoms with E-state index in [1.807, 2.05) is 0 Å². The summed E-state index contributed by atoms with van der Waals surface area (Å²) in [5.41, 5.74) is 0.574. The van der Waals surface area contributed by atoms with Crippen LogP contribution in [0.1, 0.15) is 45.4 Å². The monoisotopic (exact) mass is 267 g/mol. The van der Waals surface area contributed by atoms with Crippen LogP contribution in [0, 0.1) is 5.41 Å². The maximum absolute atomic E-state index is 3.62. The van der Waals surface area contributed by atoms with Gasteiger partial charge >= 0.3 is 0 Å². The molecular formula is C16H33N3. The molecule has 0 bridgehead atoms. The summed E-state index contributed by atoms with van der Waals surface area (Å²) in [5.74, 6) is 0. The van der Waals surface area contributed by atoms with Crippen molar-refractivity contribution in [2.45, 2.75) is 51.5 Å². The molecule has 1 N–H and O–H groups in total. The number of likely N-dealkylation sites (N-methyl/N-ethyl adjacent to an activating group) is 1. The Morgan fingerprint density at radius 1 is 1.21 bits per heavy atom. The molecule has 0 aromatic carbocycles. The highest BCUT2D eigenvalue weighted by molar-refractivity contribution is 4.93. The van der Waals surface area contributed by atoms with E-state index in [0.29, 0.717) is 5.41 Å². The van der Waals surface area contributed by atoms with Crippen LogP contribution in [-0.4, -0.2) is 62.7 Å². The molecule has 1 saturated heterocycles. The van der Waals surface area contributed by atoms with Crippen molar-refractivity contribution in [1.29, 1.82) is 0 Å². The average molecular weight is 267 g/mol. The van der Waals surface area contributed by atoms with Crippen LogP contribution in [0.4, 0.5) is 0 Å². The van der Waals surface area contributed by atoms with Gasteiger partial charge in [0.05, 0.1) is 0 Å². The van der Waals surface area contributed by atoms with Gasteiger partial charge in [0.25, 0.3) is 0 Å². The fourth-order valence-electron chi connectivity index (χ4n) is 4.07. The van der Waals surface area contributed by atoms with E-state index in [1.54, 1.807) is 0 Å². The van der Waals surface area contributed by atoms with Crippen molar-refractivity contribution in [2.75, 3.05) is 46.8 Å². The summed E-state index contributed by atoms with van der Waals surface area (Å²) >= 11 is 0. The Labute approximate surface area is 119 Å². The molecule has 1 atom stereocenters. The number of likely N-dealkylation sites (tertiary alicyclic amines) is 1. The lowest BCUT2D eigenvalue weighted by atomic mass is 9.85. The maximum Gasteiger partial charge on any atom is 0.0223 e. The van der Waals surface area contributed by atoms with E-state index in [4.69, 9.17) is 0 Å². The Hall–Kier alpha value is -0.120. The Balaban J connectivity index is 1.92. The number of nitrogens with one attached hydrogen (secondary N) is 1. The summed E-state index contributed by atoms with van der Waals surface area (Å²) < 4.78 is 0. The fourth-order valence-corrected chi connectivity index (χ4v) is 4.07. The second-order valence-electron chi connectivity index (χ2n) is 7.02. The van der Waals surface area contributed by atoms with Crippen molar-refractivity contribution in [3.05, 3.63) is 0 Å². The number of nitrogens with zero attached hydrogens (tertiary/aromatic N) is 2. The molecule has 3 heteroatoms. The third kappa shape index (κ3) is 4.17. The van der Waals surface area contributed by atoms with Gasteiger partial charge in [-0.2, -0.15) is 0 Å². The summed E-state index contributed by atoms with van der Waals surface area (Å²) in [7, 11) is 4.42. The van der Waals surface area contributed by atoms with E-state index < -0.39 is 0 Å². The quantitative estimate of drug-likeness (QED) is 0.763. The molecule has 0 amide bonds. The molecule has 19 heavy (non-hydrogen) atoms. The van der Waals surface area contributed by atoms with E-state index in [9.17, 15) is 0 Å². The minimum Gasteiger partial charge on any atom is -0.316 e. The summed E-state index contributed by atoms with van der Waals surface area (Å²) in [6.07, 6.45) is 8.55. The standard InChI is InChI=1S/C16H33N3/c1-4-17-13-16(9-5-6-10-16)14-19-11-7-8-15(19)12-18(2)3/h15,17H,4-14H2,1-3H3. The molecule has 1 aliphatic heterocycles. The van der Waals surface area contributed by atoms with Gasteiger partial charge in [0.2, 0.25) is 0 Å². The van der Waals surface area contributed by atoms with E-state index in [1.165, 1.54) is 64.7 Å². The van der Waals surface area contributed by atoms with Gasteiger partial charge in [-0.1, -0.05) is 19.8 Å². The van der Waals surface area contributed by atoms with Gasteiger partial charge < -0.3 is 10.2 Å². The highest BCUT2D eigenvalue weighted by atomic mass is 15.2. The Morgan fingerprint density at radius 2 is 1.95 bits per heavy atom. The molecule has 1 saturated carbocycles. The zero-order valence-corrected chi connectivity index (χ0v) is 13.2. The first-order valence-electron chi connectivity index (χ1n) is 8.25. The first kappa shape index (κ1) is 15.3. The van der Waals surface area contributed by atoms with E-state index >= 15 is 0 Å². The largest absolute Gasteiger partial charge is 0.316 e. The van der Waals surface area contributed by atoms with Crippen molar-refractivity contribution < 1.29 is 0 Å². The van der Waals surface area contributed by atoms with Crippen molar-refractivity contribution >= 4 is 0 Å². The van der Waals surface area contributed by atoms with Crippen LogP contribution >= 0.6 is 0 Å². The summed E-state index contributed by atoms with van der Waals surface area (Å²) in [4.78, 5) is 5.15. The number of hydrogen-bond acceptors (Lipinski definition) is 3. The van der Waals surface area contributed by atoms with Crippen molar-refractivity contribution in [3.63, 3.8) is 0 Å². The zero-order valence-electron chi connectivity index (χ0n) is 13.2. The highest BCUT2D eigenvalue weighted by Crippen LogP contribution is 2.39. The second-order valence-corrected chi connectivity index (χ2v) is 7.02. The minimum atomic E-state index is 0.574. The maximum atomic E-state index is 3.62. The number of hydrogen-bond donors (Lipinski definition) is 1. The molecule has 112 valence electrons. The lowest BCUT2D eigenvalue weighted by molar-refractivity contribution is 0.124. The molecule has 0 radical (unpaired) electrons.